The third-order valence-corrected chi connectivity index (χ3v) is 6.58. The summed E-state index contributed by atoms with van der Waals surface area (Å²) in [5.74, 6) is -1.51. The Balaban J connectivity index is 1.45. The van der Waals surface area contributed by atoms with Crippen molar-refractivity contribution in [1.82, 2.24) is 9.99 Å². The Bertz CT molecular complexity index is 1550. The highest BCUT2D eigenvalue weighted by Crippen LogP contribution is 2.30. The Morgan fingerprint density at radius 1 is 1.08 bits per heavy atom. The lowest BCUT2D eigenvalue weighted by Crippen LogP contribution is -2.19. The Labute approximate surface area is 216 Å². The molecule has 0 saturated carbocycles. The van der Waals surface area contributed by atoms with Crippen LogP contribution >= 0.6 is 11.8 Å². The van der Waals surface area contributed by atoms with Crippen molar-refractivity contribution in [3.8, 4) is 11.8 Å². The SMILES string of the molecule is Cc1cc(/C=N\NC(=O)c2ccc(C#N)cc2F)c(C)n1-c1ccc(Sc2ccc([N+](=O)[O-])cc2)cc1. The number of nitro groups is 1. The number of non-ortho nitro benzene ring substituents is 1. The van der Waals surface area contributed by atoms with Gasteiger partial charge < -0.3 is 4.57 Å². The van der Waals surface area contributed by atoms with Crippen molar-refractivity contribution in [2.24, 2.45) is 5.10 Å². The standard InChI is InChI=1S/C27H20FN5O3S/c1-17-13-20(16-30-31-27(34)25-12-3-19(15-29)14-26(25)28)18(2)32(17)21-4-8-23(9-5-21)37-24-10-6-22(7-11-24)33(35)36/h3-14,16H,1-2H3,(H,31,34)/b30-16-. The quantitative estimate of drug-likeness (QED) is 0.187. The van der Waals surface area contributed by atoms with E-state index in [2.05, 4.69) is 10.5 Å². The molecule has 0 atom stereocenters. The highest BCUT2D eigenvalue weighted by Gasteiger charge is 2.13. The number of nitrogens with one attached hydrogen (secondary N) is 1. The van der Waals surface area contributed by atoms with Crippen LogP contribution in [0.2, 0.25) is 0 Å². The summed E-state index contributed by atoms with van der Waals surface area (Å²) in [6, 6.07) is 21.7. The van der Waals surface area contributed by atoms with Crippen molar-refractivity contribution < 1.29 is 14.1 Å². The van der Waals surface area contributed by atoms with Gasteiger partial charge in [0.2, 0.25) is 0 Å². The number of carbonyl (C=O) groups excluding carboxylic acids is 1. The molecular formula is C27H20FN5O3S. The fraction of sp³-hybridized carbons (Fsp3) is 0.0741. The third kappa shape index (κ3) is 5.74. The molecule has 3 aromatic carbocycles. The molecule has 1 N–H and O–H groups in total. The van der Waals surface area contributed by atoms with Crippen molar-refractivity contribution in [3.05, 3.63) is 117 Å². The van der Waals surface area contributed by atoms with Crippen LogP contribution in [0.1, 0.15) is 32.9 Å². The van der Waals surface area contributed by atoms with Crippen LogP contribution in [0.25, 0.3) is 5.69 Å². The van der Waals surface area contributed by atoms with E-state index < -0.39 is 16.6 Å². The number of amides is 1. The number of aromatic nitrogens is 1. The lowest BCUT2D eigenvalue weighted by molar-refractivity contribution is -0.384. The predicted molar refractivity (Wildman–Crippen MR) is 139 cm³/mol. The van der Waals surface area contributed by atoms with Crippen molar-refractivity contribution >= 4 is 29.6 Å². The van der Waals surface area contributed by atoms with Crippen LogP contribution in [-0.2, 0) is 0 Å². The smallest absolute Gasteiger partial charge is 0.274 e. The van der Waals surface area contributed by atoms with E-state index in [-0.39, 0.29) is 16.8 Å². The van der Waals surface area contributed by atoms with Crippen molar-refractivity contribution in [2.45, 2.75) is 23.6 Å². The minimum absolute atomic E-state index is 0.0542. The van der Waals surface area contributed by atoms with Gasteiger partial charge in [0.05, 0.1) is 28.3 Å². The molecule has 0 saturated heterocycles. The fourth-order valence-electron chi connectivity index (χ4n) is 3.74. The second kappa shape index (κ2) is 10.9. The van der Waals surface area contributed by atoms with Gasteiger partial charge in [-0.2, -0.15) is 10.4 Å². The first-order chi connectivity index (χ1) is 17.8. The zero-order valence-corrected chi connectivity index (χ0v) is 20.6. The monoisotopic (exact) mass is 513 g/mol. The number of hydrogen-bond acceptors (Lipinski definition) is 6. The van der Waals surface area contributed by atoms with Crippen molar-refractivity contribution in [2.75, 3.05) is 0 Å². The summed E-state index contributed by atoms with van der Waals surface area (Å²) in [5, 5.41) is 23.6. The summed E-state index contributed by atoms with van der Waals surface area (Å²) in [6.45, 7) is 3.88. The number of nitriles is 1. The fourth-order valence-corrected chi connectivity index (χ4v) is 4.56. The Hall–Kier alpha value is -4.75. The summed E-state index contributed by atoms with van der Waals surface area (Å²) in [4.78, 5) is 24.5. The number of halogens is 1. The average Bonchev–Trinajstić information content (AvgIpc) is 3.17. The van der Waals surface area contributed by atoms with Crippen LogP contribution < -0.4 is 5.43 Å². The van der Waals surface area contributed by atoms with Gasteiger partial charge in [-0.25, -0.2) is 9.82 Å². The maximum absolute atomic E-state index is 14.0. The summed E-state index contributed by atoms with van der Waals surface area (Å²) in [6.07, 6.45) is 1.50. The number of nitro benzene ring substituents is 1. The molecule has 0 spiro atoms. The summed E-state index contributed by atoms with van der Waals surface area (Å²) < 4.78 is 16.1. The highest BCUT2D eigenvalue weighted by molar-refractivity contribution is 7.99. The van der Waals surface area contributed by atoms with Crippen LogP contribution in [0.5, 0.6) is 0 Å². The molecular weight excluding hydrogens is 493 g/mol. The van der Waals surface area contributed by atoms with E-state index in [9.17, 15) is 19.3 Å². The van der Waals surface area contributed by atoms with E-state index in [0.29, 0.717) is 0 Å². The zero-order valence-electron chi connectivity index (χ0n) is 19.8. The molecule has 1 heterocycles. The third-order valence-electron chi connectivity index (χ3n) is 5.56. The van der Waals surface area contributed by atoms with E-state index >= 15 is 0 Å². The Kier molecular flexibility index (Phi) is 7.46. The number of hydrogen-bond donors (Lipinski definition) is 1. The minimum Gasteiger partial charge on any atom is -0.318 e. The normalized spacial score (nSPS) is 10.9. The predicted octanol–water partition coefficient (Wildman–Crippen LogP) is 5.93. The molecule has 10 heteroatoms. The molecule has 4 aromatic rings. The molecule has 8 nitrogen and oxygen atoms in total. The number of benzene rings is 3. The molecule has 0 aliphatic rings. The first-order valence-electron chi connectivity index (χ1n) is 11.0. The van der Waals surface area contributed by atoms with E-state index in [4.69, 9.17) is 5.26 Å². The molecule has 0 bridgehead atoms. The molecule has 184 valence electrons. The number of rotatable bonds is 7. The zero-order chi connectivity index (χ0) is 26.5. The van der Waals surface area contributed by atoms with Gasteiger partial charge in [0.1, 0.15) is 5.82 Å². The first kappa shape index (κ1) is 25.3. The second-order valence-corrected chi connectivity index (χ2v) is 9.16. The summed E-state index contributed by atoms with van der Waals surface area (Å²) >= 11 is 1.50. The van der Waals surface area contributed by atoms with Gasteiger partial charge in [0.25, 0.3) is 11.6 Å². The van der Waals surface area contributed by atoms with Crippen LogP contribution in [0.15, 0.2) is 87.7 Å². The maximum atomic E-state index is 14.0. The van der Waals surface area contributed by atoms with Gasteiger partial charge in [-0.3, -0.25) is 14.9 Å². The van der Waals surface area contributed by atoms with Gasteiger partial charge in [0.15, 0.2) is 0 Å². The summed E-state index contributed by atoms with van der Waals surface area (Å²) in [7, 11) is 0. The number of aryl methyl sites for hydroxylation is 1. The summed E-state index contributed by atoms with van der Waals surface area (Å²) in [5.41, 5.74) is 5.87. The highest BCUT2D eigenvalue weighted by atomic mass is 32.2. The van der Waals surface area contributed by atoms with Crippen LogP contribution in [0.3, 0.4) is 0 Å². The molecule has 0 aliphatic carbocycles. The van der Waals surface area contributed by atoms with Crippen molar-refractivity contribution in [3.63, 3.8) is 0 Å². The molecule has 1 aromatic heterocycles. The Morgan fingerprint density at radius 2 is 1.73 bits per heavy atom. The van der Waals surface area contributed by atoms with Crippen molar-refractivity contribution in [1.29, 1.82) is 5.26 Å². The lowest BCUT2D eigenvalue weighted by atomic mass is 10.1. The molecule has 0 radical (unpaired) electrons. The molecule has 37 heavy (non-hydrogen) atoms. The van der Waals surface area contributed by atoms with Gasteiger partial charge in [0, 0.05) is 44.6 Å². The van der Waals surface area contributed by atoms with Gasteiger partial charge in [-0.05, 0) is 74.5 Å². The number of nitrogens with zero attached hydrogens (tertiary/aromatic N) is 4. The largest absolute Gasteiger partial charge is 0.318 e. The first-order valence-corrected chi connectivity index (χ1v) is 11.8. The van der Waals surface area contributed by atoms with Gasteiger partial charge >= 0.3 is 0 Å². The second-order valence-electron chi connectivity index (χ2n) is 8.01. The molecule has 4 rings (SSSR count). The lowest BCUT2D eigenvalue weighted by Gasteiger charge is -2.10. The van der Waals surface area contributed by atoms with Gasteiger partial charge in [-0.15, -0.1) is 0 Å². The van der Waals surface area contributed by atoms with Crippen LogP contribution in [0, 0.1) is 41.1 Å². The maximum Gasteiger partial charge on any atom is 0.274 e. The Morgan fingerprint density at radius 3 is 2.32 bits per heavy atom. The number of carbonyl (C=O) groups is 1. The van der Waals surface area contributed by atoms with E-state index in [0.717, 1.165) is 38.5 Å². The van der Waals surface area contributed by atoms with Crippen LogP contribution in [-0.4, -0.2) is 21.6 Å². The molecule has 0 unspecified atom stereocenters. The minimum atomic E-state index is -0.792. The number of hydrazone groups is 1. The van der Waals surface area contributed by atoms with E-state index in [1.165, 1.54) is 42.2 Å². The van der Waals surface area contributed by atoms with E-state index in [1.807, 2.05) is 54.8 Å². The van der Waals surface area contributed by atoms with E-state index in [1.54, 1.807) is 12.1 Å². The topological polar surface area (TPSA) is 113 Å². The van der Waals surface area contributed by atoms with Gasteiger partial charge in [-0.1, -0.05) is 11.8 Å². The average molecular weight is 514 g/mol. The van der Waals surface area contributed by atoms with Crippen LogP contribution in [0.4, 0.5) is 10.1 Å². The molecule has 0 fully saturated rings. The molecule has 0 aliphatic heterocycles. The molecule has 1 amide bonds.